The molecule has 0 aliphatic rings. The van der Waals surface area contributed by atoms with E-state index in [1.807, 2.05) is 0 Å². The highest BCUT2D eigenvalue weighted by Crippen LogP contribution is 2.22. The van der Waals surface area contributed by atoms with Gasteiger partial charge in [-0.05, 0) is 12.1 Å². The van der Waals surface area contributed by atoms with Gasteiger partial charge in [-0.1, -0.05) is 11.6 Å². The first-order valence-corrected chi connectivity index (χ1v) is 5.18. The van der Waals surface area contributed by atoms with Crippen LogP contribution in [-0.2, 0) is 9.53 Å². The standard InChI is InChI=1S/C9H9ClO3S/c1-13-9(12)5-2-6(11)7-3-4-8(10)14-7/h3-4H,2,5H2,1H3. The second kappa shape index (κ2) is 5.12. The fourth-order valence-electron chi connectivity index (χ4n) is 0.905. The largest absolute Gasteiger partial charge is 0.469 e. The Kier molecular flexibility index (Phi) is 4.10. The first-order chi connectivity index (χ1) is 6.63. The van der Waals surface area contributed by atoms with Gasteiger partial charge in [0.2, 0.25) is 0 Å². The lowest BCUT2D eigenvalue weighted by atomic mass is 10.2. The Bertz CT molecular complexity index is 346. The van der Waals surface area contributed by atoms with Gasteiger partial charge in [-0.2, -0.15) is 0 Å². The zero-order valence-corrected chi connectivity index (χ0v) is 9.15. The quantitative estimate of drug-likeness (QED) is 0.592. The van der Waals surface area contributed by atoms with E-state index < -0.39 is 0 Å². The minimum absolute atomic E-state index is 0.0766. The van der Waals surface area contributed by atoms with Crippen LogP contribution in [0.2, 0.25) is 4.34 Å². The maximum absolute atomic E-state index is 11.4. The van der Waals surface area contributed by atoms with E-state index in [2.05, 4.69) is 4.74 Å². The summed E-state index contributed by atoms with van der Waals surface area (Å²) in [6.07, 6.45) is 0.286. The number of thiophene rings is 1. The van der Waals surface area contributed by atoms with Crippen LogP contribution in [0.5, 0.6) is 0 Å². The number of halogens is 1. The van der Waals surface area contributed by atoms with Gasteiger partial charge in [0.15, 0.2) is 5.78 Å². The molecule has 0 atom stereocenters. The SMILES string of the molecule is COC(=O)CCC(=O)c1ccc(Cl)s1. The first-order valence-electron chi connectivity index (χ1n) is 3.99. The van der Waals surface area contributed by atoms with Gasteiger partial charge in [0, 0.05) is 6.42 Å². The summed E-state index contributed by atoms with van der Waals surface area (Å²) in [6.45, 7) is 0. The highest BCUT2D eigenvalue weighted by molar-refractivity contribution is 7.18. The van der Waals surface area contributed by atoms with Crippen molar-refractivity contribution in [1.82, 2.24) is 0 Å². The molecule has 5 heteroatoms. The van der Waals surface area contributed by atoms with Crippen molar-refractivity contribution in [1.29, 1.82) is 0 Å². The molecule has 1 aromatic rings. The van der Waals surface area contributed by atoms with Crippen molar-refractivity contribution in [3.05, 3.63) is 21.3 Å². The smallest absolute Gasteiger partial charge is 0.305 e. The number of carbonyl (C=O) groups is 2. The first kappa shape index (κ1) is 11.2. The summed E-state index contributed by atoms with van der Waals surface area (Å²) >= 11 is 6.89. The van der Waals surface area contributed by atoms with Crippen molar-refractivity contribution in [3.8, 4) is 0 Å². The summed E-state index contributed by atoms with van der Waals surface area (Å²) in [5, 5.41) is 0. The van der Waals surface area contributed by atoms with Crippen LogP contribution >= 0.6 is 22.9 Å². The molecule has 0 radical (unpaired) electrons. The van der Waals surface area contributed by atoms with E-state index in [1.165, 1.54) is 18.4 Å². The molecule has 0 bridgehead atoms. The van der Waals surface area contributed by atoms with Crippen molar-refractivity contribution in [2.24, 2.45) is 0 Å². The third kappa shape index (κ3) is 3.12. The van der Waals surface area contributed by atoms with Crippen molar-refractivity contribution in [2.75, 3.05) is 7.11 Å². The van der Waals surface area contributed by atoms with Gasteiger partial charge in [-0.3, -0.25) is 9.59 Å². The Labute approximate surface area is 90.6 Å². The van der Waals surface area contributed by atoms with Crippen LogP contribution in [0.25, 0.3) is 0 Å². The molecule has 76 valence electrons. The Balaban J connectivity index is 2.47. The molecule has 0 saturated carbocycles. The highest BCUT2D eigenvalue weighted by Gasteiger charge is 2.11. The Morgan fingerprint density at radius 1 is 1.43 bits per heavy atom. The molecule has 14 heavy (non-hydrogen) atoms. The summed E-state index contributed by atoms with van der Waals surface area (Å²) in [7, 11) is 1.30. The molecule has 0 aliphatic heterocycles. The number of ketones is 1. The molecular weight excluding hydrogens is 224 g/mol. The van der Waals surface area contributed by atoms with Crippen LogP contribution in [-0.4, -0.2) is 18.9 Å². The Hall–Kier alpha value is -0.870. The lowest BCUT2D eigenvalue weighted by Crippen LogP contribution is -2.04. The average molecular weight is 233 g/mol. The summed E-state index contributed by atoms with van der Waals surface area (Å²) < 4.78 is 5.00. The molecule has 0 N–H and O–H groups in total. The monoisotopic (exact) mass is 232 g/mol. The van der Waals surface area contributed by atoms with Crippen molar-refractivity contribution in [3.63, 3.8) is 0 Å². The Morgan fingerprint density at radius 2 is 2.14 bits per heavy atom. The fraction of sp³-hybridized carbons (Fsp3) is 0.333. The lowest BCUT2D eigenvalue weighted by Gasteiger charge is -1.96. The van der Waals surface area contributed by atoms with Gasteiger partial charge in [-0.25, -0.2) is 0 Å². The number of hydrogen-bond acceptors (Lipinski definition) is 4. The zero-order valence-electron chi connectivity index (χ0n) is 7.58. The van der Waals surface area contributed by atoms with Crippen molar-refractivity contribution >= 4 is 34.7 Å². The number of Topliss-reactive ketones (excluding diaryl/α,β-unsaturated/α-hetero) is 1. The predicted octanol–water partition coefficient (Wildman–Crippen LogP) is 2.54. The van der Waals surface area contributed by atoms with Gasteiger partial charge < -0.3 is 4.74 Å². The molecule has 0 unspecified atom stereocenters. The normalized spacial score (nSPS) is 9.86. The molecule has 0 amide bonds. The molecule has 0 saturated heterocycles. The van der Waals surface area contributed by atoms with E-state index >= 15 is 0 Å². The van der Waals surface area contributed by atoms with E-state index in [9.17, 15) is 9.59 Å². The highest BCUT2D eigenvalue weighted by atomic mass is 35.5. The van der Waals surface area contributed by atoms with Gasteiger partial charge in [0.05, 0.1) is 22.7 Å². The maximum Gasteiger partial charge on any atom is 0.305 e. The van der Waals surface area contributed by atoms with Crippen LogP contribution in [0.4, 0.5) is 0 Å². The molecule has 1 aromatic heterocycles. The van der Waals surface area contributed by atoms with Gasteiger partial charge in [0.25, 0.3) is 0 Å². The topological polar surface area (TPSA) is 43.4 Å². The van der Waals surface area contributed by atoms with Crippen molar-refractivity contribution in [2.45, 2.75) is 12.8 Å². The molecule has 0 spiro atoms. The number of esters is 1. The second-order valence-electron chi connectivity index (χ2n) is 2.60. The maximum atomic E-state index is 11.4. The molecule has 0 aromatic carbocycles. The fourth-order valence-corrected chi connectivity index (χ4v) is 1.92. The van der Waals surface area contributed by atoms with E-state index in [4.69, 9.17) is 11.6 Å². The molecule has 1 heterocycles. The van der Waals surface area contributed by atoms with Crippen LogP contribution in [0.1, 0.15) is 22.5 Å². The number of ether oxygens (including phenoxy) is 1. The van der Waals surface area contributed by atoms with Crippen molar-refractivity contribution < 1.29 is 14.3 Å². The summed E-state index contributed by atoms with van der Waals surface area (Å²) in [6, 6.07) is 3.32. The van der Waals surface area contributed by atoms with Crippen LogP contribution in [0, 0.1) is 0 Å². The Morgan fingerprint density at radius 3 is 2.64 bits per heavy atom. The molecule has 3 nitrogen and oxygen atoms in total. The summed E-state index contributed by atoms with van der Waals surface area (Å²) in [4.78, 5) is 22.8. The zero-order chi connectivity index (χ0) is 10.6. The van der Waals surface area contributed by atoms with E-state index in [1.54, 1.807) is 12.1 Å². The summed E-state index contributed by atoms with van der Waals surface area (Å²) in [5.41, 5.74) is 0. The second-order valence-corrected chi connectivity index (χ2v) is 4.32. The van der Waals surface area contributed by atoms with Gasteiger partial charge in [0.1, 0.15) is 0 Å². The lowest BCUT2D eigenvalue weighted by molar-refractivity contribution is -0.140. The van der Waals surface area contributed by atoms with E-state index in [0.717, 1.165) is 0 Å². The van der Waals surface area contributed by atoms with Gasteiger partial charge in [-0.15, -0.1) is 11.3 Å². The van der Waals surface area contributed by atoms with E-state index in [-0.39, 0.29) is 24.6 Å². The summed E-state index contributed by atoms with van der Waals surface area (Å²) in [5.74, 6) is -0.451. The van der Waals surface area contributed by atoms with E-state index in [0.29, 0.717) is 9.21 Å². The molecular formula is C9H9ClO3S. The van der Waals surface area contributed by atoms with Crippen LogP contribution in [0.3, 0.4) is 0 Å². The molecule has 1 rings (SSSR count). The van der Waals surface area contributed by atoms with Crippen LogP contribution in [0.15, 0.2) is 12.1 Å². The number of rotatable bonds is 4. The number of carbonyl (C=O) groups excluding carboxylic acids is 2. The average Bonchev–Trinajstić information content (AvgIpc) is 2.60. The minimum atomic E-state index is -0.374. The molecule has 0 fully saturated rings. The third-order valence-corrected chi connectivity index (χ3v) is 2.90. The number of hydrogen-bond donors (Lipinski definition) is 0. The third-order valence-electron chi connectivity index (χ3n) is 1.63. The predicted molar refractivity (Wildman–Crippen MR) is 54.9 cm³/mol. The minimum Gasteiger partial charge on any atom is -0.469 e. The number of methoxy groups -OCH3 is 1. The molecule has 0 aliphatic carbocycles. The van der Waals surface area contributed by atoms with Gasteiger partial charge >= 0.3 is 5.97 Å². The van der Waals surface area contributed by atoms with Crippen LogP contribution < -0.4 is 0 Å².